The number of amides is 1. The molecule has 27 heavy (non-hydrogen) atoms. The largest absolute Gasteiger partial charge is 0.444 e. The van der Waals surface area contributed by atoms with Gasteiger partial charge in [-0.2, -0.15) is 0 Å². The predicted molar refractivity (Wildman–Crippen MR) is 113 cm³/mol. The molecular formula is C21H30BrN3O2. The molecule has 1 aromatic carbocycles. The van der Waals surface area contributed by atoms with E-state index in [1.165, 1.54) is 12.8 Å². The summed E-state index contributed by atoms with van der Waals surface area (Å²) in [5, 5.41) is 2.98. The average molecular weight is 436 g/mol. The zero-order valence-electron chi connectivity index (χ0n) is 16.6. The molecule has 1 aromatic heterocycles. The van der Waals surface area contributed by atoms with E-state index in [0.717, 1.165) is 40.8 Å². The number of alkyl carbamates (subject to hydrolysis) is 1. The first-order valence-electron chi connectivity index (χ1n) is 9.59. The zero-order chi connectivity index (χ0) is 19.9. The average Bonchev–Trinajstić information content (AvgIpc) is 3.06. The molecule has 2 rings (SSSR count). The van der Waals surface area contributed by atoms with E-state index < -0.39 is 11.7 Å². The molecule has 1 amide bonds. The lowest BCUT2D eigenvalue weighted by atomic mass is 10.1. The molecule has 5 nitrogen and oxygen atoms in total. The fourth-order valence-electron chi connectivity index (χ4n) is 2.82. The minimum absolute atomic E-state index is 0.197. The fourth-order valence-corrected chi connectivity index (χ4v) is 3.22. The van der Waals surface area contributed by atoms with Crippen LogP contribution in [0, 0.1) is 0 Å². The summed E-state index contributed by atoms with van der Waals surface area (Å²) in [6.45, 7) is 7.77. The van der Waals surface area contributed by atoms with Crippen LogP contribution in [0.5, 0.6) is 0 Å². The van der Waals surface area contributed by atoms with Crippen molar-refractivity contribution in [1.82, 2.24) is 15.3 Å². The van der Waals surface area contributed by atoms with Crippen LogP contribution < -0.4 is 5.32 Å². The highest BCUT2D eigenvalue weighted by molar-refractivity contribution is 9.10. The molecular weight excluding hydrogens is 406 g/mol. The summed E-state index contributed by atoms with van der Waals surface area (Å²) in [7, 11) is 0. The number of rotatable bonds is 8. The molecule has 1 atom stereocenters. The lowest BCUT2D eigenvalue weighted by molar-refractivity contribution is 0.0498. The van der Waals surface area contributed by atoms with Crippen molar-refractivity contribution in [2.75, 3.05) is 0 Å². The van der Waals surface area contributed by atoms with Crippen molar-refractivity contribution >= 4 is 22.0 Å². The number of carbonyl (C=O) groups excluding carboxylic acids is 1. The van der Waals surface area contributed by atoms with Crippen LogP contribution in [0.4, 0.5) is 4.79 Å². The summed E-state index contributed by atoms with van der Waals surface area (Å²) in [4.78, 5) is 20.2. The van der Waals surface area contributed by atoms with Gasteiger partial charge in [0.05, 0.1) is 17.9 Å². The van der Waals surface area contributed by atoms with Gasteiger partial charge in [-0.25, -0.2) is 9.78 Å². The second-order valence-electron chi connectivity index (χ2n) is 7.74. The van der Waals surface area contributed by atoms with Crippen molar-refractivity contribution in [2.24, 2.45) is 0 Å². The minimum atomic E-state index is -0.526. The minimum Gasteiger partial charge on any atom is -0.444 e. The second-order valence-corrected chi connectivity index (χ2v) is 8.66. The molecule has 2 aromatic rings. The van der Waals surface area contributed by atoms with Gasteiger partial charge in [-0.1, -0.05) is 60.7 Å². The molecule has 0 aliphatic carbocycles. The number of nitrogens with zero attached hydrogens (tertiary/aromatic N) is 1. The first-order chi connectivity index (χ1) is 12.8. The van der Waals surface area contributed by atoms with Crippen molar-refractivity contribution in [2.45, 2.75) is 71.4 Å². The number of ether oxygens (including phenoxy) is 1. The number of halogens is 1. The number of hydrogen-bond acceptors (Lipinski definition) is 3. The quantitative estimate of drug-likeness (QED) is 0.472. The Morgan fingerprint density at radius 2 is 2.07 bits per heavy atom. The number of imidazole rings is 1. The Morgan fingerprint density at radius 1 is 1.30 bits per heavy atom. The van der Waals surface area contributed by atoms with Crippen LogP contribution in [0.3, 0.4) is 0 Å². The van der Waals surface area contributed by atoms with Crippen LogP contribution in [-0.4, -0.2) is 21.7 Å². The maximum absolute atomic E-state index is 12.3. The monoisotopic (exact) mass is 435 g/mol. The molecule has 1 unspecified atom stereocenters. The Balaban J connectivity index is 2.13. The highest BCUT2D eigenvalue weighted by atomic mass is 79.9. The zero-order valence-corrected chi connectivity index (χ0v) is 18.2. The van der Waals surface area contributed by atoms with Crippen molar-refractivity contribution in [1.29, 1.82) is 0 Å². The van der Waals surface area contributed by atoms with Crippen molar-refractivity contribution in [3.05, 3.63) is 40.8 Å². The van der Waals surface area contributed by atoms with Gasteiger partial charge >= 0.3 is 6.09 Å². The van der Waals surface area contributed by atoms with Gasteiger partial charge in [-0.05, 0) is 39.3 Å². The third-order valence-electron chi connectivity index (χ3n) is 4.10. The molecule has 2 N–H and O–H groups in total. The molecule has 0 aliphatic rings. The second kappa shape index (κ2) is 9.93. The number of carbonyl (C=O) groups is 1. The molecule has 1 heterocycles. The van der Waals surface area contributed by atoms with E-state index in [0.29, 0.717) is 0 Å². The van der Waals surface area contributed by atoms with Gasteiger partial charge < -0.3 is 15.0 Å². The SMILES string of the molecule is CCCCCCC(NC(=O)OC(C)(C)C)c1ncc(-c2cccc(Br)c2)[nH]1. The maximum atomic E-state index is 12.3. The van der Waals surface area contributed by atoms with Gasteiger partial charge in [0.2, 0.25) is 0 Å². The van der Waals surface area contributed by atoms with Crippen molar-refractivity contribution in [3.63, 3.8) is 0 Å². The van der Waals surface area contributed by atoms with Crippen molar-refractivity contribution < 1.29 is 9.53 Å². The van der Waals surface area contributed by atoms with Gasteiger partial charge in [0.1, 0.15) is 11.4 Å². The standard InChI is InChI=1S/C21H30BrN3O2/c1-5-6-7-8-12-17(25-20(26)27-21(2,3)4)19-23-14-18(24-19)15-10-9-11-16(22)13-15/h9-11,13-14,17H,5-8,12H2,1-4H3,(H,23,24)(H,25,26). The number of benzene rings is 1. The summed E-state index contributed by atoms with van der Waals surface area (Å²) in [6.07, 6.45) is 6.77. The highest BCUT2D eigenvalue weighted by Crippen LogP contribution is 2.25. The third kappa shape index (κ3) is 7.37. The van der Waals surface area contributed by atoms with Gasteiger partial charge in [-0.15, -0.1) is 0 Å². The van der Waals surface area contributed by atoms with Crippen molar-refractivity contribution in [3.8, 4) is 11.3 Å². The molecule has 0 radical (unpaired) electrons. The summed E-state index contributed by atoms with van der Waals surface area (Å²) in [6, 6.07) is 7.84. The Hall–Kier alpha value is -1.82. The molecule has 0 spiro atoms. The summed E-state index contributed by atoms with van der Waals surface area (Å²) >= 11 is 3.50. The molecule has 0 saturated carbocycles. The predicted octanol–water partition coefficient (Wildman–Crippen LogP) is 6.38. The topological polar surface area (TPSA) is 67.0 Å². The lowest BCUT2D eigenvalue weighted by Gasteiger charge is -2.23. The molecule has 0 fully saturated rings. The van der Waals surface area contributed by atoms with Crippen LogP contribution in [0.25, 0.3) is 11.3 Å². The first-order valence-corrected chi connectivity index (χ1v) is 10.4. The normalized spacial score (nSPS) is 12.6. The van der Waals surface area contributed by atoms with Gasteiger partial charge in [0, 0.05) is 10.0 Å². The fraction of sp³-hybridized carbons (Fsp3) is 0.524. The van der Waals surface area contributed by atoms with Crippen LogP contribution >= 0.6 is 15.9 Å². The summed E-state index contributed by atoms with van der Waals surface area (Å²) < 4.78 is 6.44. The van der Waals surface area contributed by atoms with E-state index in [1.54, 1.807) is 0 Å². The van der Waals surface area contributed by atoms with Crippen LogP contribution in [0.1, 0.15) is 71.7 Å². The van der Waals surface area contributed by atoms with Gasteiger partial charge in [0.25, 0.3) is 0 Å². The number of aromatic amines is 1. The Labute approximate surface area is 170 Å². The summed E-state index contributed by atoms with van der Waals surface area (Å²) in [5.74, 6) is 0.757. The Morgan fingerprint density at radius 3 is 2.74 bits per heavy atom. The number of nitrogens with one attached hydrogen (secondary N) is 2. The Bertz CT molecular complexity index is 737. The van der Waals surface area contributed by atoms with E-state index in [1.807, 2.05) is 51.2 Å². The van der Waals surface area contributed by atoms with E-state index >= 15 is 0 Å². The number of H-pyrrole nitrogens is 1. The van der Waals surface area contributed by atoms with Gasteiger partial charge in [0.15, 0.2) is 0 Å². The summed E-state index contributed by atoms with van der Waals surface area (Å²) in [5.41, 5.74) is 1.45. The van der Waals surface area contributed by atoms with E-state index in [4.69, 9.17) is 4.74 Å². The molecule has 148 valence electrons. The number of unbranched alkanes of at least 4 members (excludes halogenated alkanes) is 3. The smallest absolute Gasteiger partial charge is 0.408 e. The number of aromatic nitrogens is 2. The van der Waals surface area contributed by atoms with Crippen LogP contribution in [-0.2, 0) is 4.74 Å². The highest BCUT2D eigenvalue weighted by Gasteiger charge is 2.22. The molecule has 0 saturated heterocycles. The molecule has 0 aliphatic heterocycles. The van der Waals surface area contributed by atoms with Crippen LogP contribution in [0.2, 0.25) is 0 Å². The van der Waals surface area contributed by atoms with Crippen LogP contribution in [0.15, 0.2) is 34.9 Å². The van der Waals surface area contributed by atoms with Gasteiger partial charge in [-0.3, -0.25) is 0 Å². The van der Waals surface area contributed by atoms with E-state index in [-0.39, 0.29) is 6.04 Å². The molecule has 0 bridgehead atoms. The molecule has 6 heteroatoms. The van der Waals surface area contributed by atoms with E-state index in [2.05, 4.69) is 38.1 Å². The van der Waals surface area contributed by atoms with E-state index in [9.17, 15) is 4.79 Å². The third-order valence-corrected chi connectivity index (χ3v) is 4.59. The number of hydrogen-bond donors (Lipinski definition) is 2. The Kier molecular flexibility index (Phi) is 7.90. The lowest BCUT2D eigenvalue weighted by Crippen LogP contribution is -2.35. The maximum Gasteiger partial charge on any atom is 0.408 e. The first kappa shape index (κ1) is 21.5.